The van der Waals surface area contributed by atoms with E-state index in [2.05, 4.69) is 24.4 Å². The smallest absolute Gasteiger partial charge is 0.124 e. The van der Waals surface area contributed by atoms with Gasteiger partial charge in [-0.3, -0.25) is 0 Å². The lowest BCUT2D eigenvalue weighted by atomic mass is 9.96. The number of methoxy groups -OCH3 is 1. The third kappa shape index (κ3) is 4.22. The summed E-state index contributed by atoms with van der Waals surface area (Å²) >= 11 is 0. The second-order valence-electron chi connectivity index (χ2n) is 5.19. The number of benzene rings is 1. The van der Waals surface area contributed by atoms with Crippen LogP contribution in [-0.4, -0.2) is 19.8 Å². The van der Waals surface area contributed by atoms with Gasteiger partial charge in [-0.2, -0.15) is 0 Å². The largest absolute Gasteiger partial charge is 0.496 e. The highest BCUT2D eigenvalue weighted by atomic mass is 16.5. The van der Waals surface area contributed by atoms with Gasteiger partial charge in [0.05, 0.1) is 19.8 Å². The van der Waals surface area contributed by atoms with E-state index in [0.29, 0.717) is 12.7 Å². The molecule has 0 aromatic heterocycles. The molecule has 1 saturated carbocycles. The van der Waals surface area contributed by atoms with Crippen molar-refractivity contribution in [3.63, 3.8) is 0 Å². The van der Waals surface area contributed by atoms with E-state index in [1.807, 2.05) is 6.07 Å². The number of rotatable bonds is 8. The van der Waals surface area contributed by atoms with Gasteiger partial charge in [0.25, 0.3) is 0 Å². The van der Waals surface area contributed by atoms with Crippen LogP contribution in [0.25, 0.3) is 0 Å². The summed E-state index contributed by atoms with van der Waals surface area (Å²) in [5.74, 6) is 0.929. The fraction of sp³-hybridized carbons (Fsp3) is 0.625. The second-order valence-corrected chi connectivity index (χ2v) is 5.19. The summed E-state index contributed by atoms with van der Waals surface area (Å²) in [6.07, 6.45) is 5.35. The Hall–Kier alpha value is -1.06. The Kier molecular flexibility index (Phi) is 5.67. The van der Waals surface area contributed by atoms with Crippen molar-refractivity contribution >= 4 is 0 Å². The quantitative estimate of drug-likeness (QED) is 0.730. The SMILES string of the molecule is CCCNCc1ccc(OC)c(COC2CCC2)c1. The molecular weight excluding hydrogens is 238 g/mol. The van der Waals surface area contributed by atoms with Crippen LogP contribution in [0, 0.1) is 0 Å². The maximum absolute atomic E-state index is 5.89. The molecule has 0 amide bonds. The molecule has 0 spiro atoms. The maximum Gasteiger partial charge on any atom is 0.124 e. The Morgan fingerprint density at radius 3 is 2.79 bits per heavy atom. The lowest BCUT2D eigenvalue weighted by Crippen LogP contribution is -2.21. The molecule has 3 nitrogen and oxygen atoms in total. The average Bonchev–Trinajstić information content (AvgIpc) is 2.37. The van der Waals surface area contributed by atoms with E-state index in [1.165, 1.54) is 24.8 Å². The van der Waals surface area contributed by atoms with Gasteiger partial charge in [-0.05, 0) is 49.9 Å². The third-order valence-electron chi connectivity index (χ3n) is 3.63. The second kappa shape index (κ2) is 7.51. The van der Waals surface area contributed by atoms with Crippen LogP contribution in [0.5, 0.6) is 5.75 Å². The Bertz CT molecular complexity index is 388. The van der Waals surface area contributed by atoms with Crippen LogP contribution in [0.1, 0.15) is 43.7 Å². The standard InChI is InChI=1S/C16H25NO2/c1-3-9-17-11-13-7-8-16(18-2)14(10-13)12-19-15-5-4-6-15/h7-8,10,15,17H,3-6,9,11-12H2,1-2H3. The zero-order chi connectivity index (χ0) is 13.5. The van der Waals surface area contributed by atoms with E-state index in [4.69, 9.17) is 9.47 Å². The van der Waals surface area contributed by atoms with Crippen molar-refractivity contribution in [1.29, 1.82) is 0 Å². The third-order valence-corrected chi connectivity index (χ3v) is 3.63. The molecule has 0 aliphatic heterocycles. The first-order valence-corrected chi connectivity index (χ1v) is 7.31. The van der Waals surface area contributed by atoms with Gasteiger partial charge in [0.2, 0.25) is 0 Å². The molecule has 1 aromatic rings. The van der Waals surface area contributed by atoms with Gasteiger partial charge in [-0.1, -0.05) is 13.0 Å². The molecular formula is C16H25NO2. The Balaban J connectivity index is 1.94. The van der Waals surface area contributed by atoms with E-state index >= 15 is 0 Å². The summed E-state index contributed by atoms with van der Waals surface area (Å²) in [6, 6.07) is 6.36. The average molecular weight is 263 g/mol. The summed E-state index contributed by atoms with van der Waals surface area (Å²) in [6.45, 7) is 4.81. The predicted octanol–water partition coefficient (Wildman–Crippen LogP) is 3.26. The fourth-order valence-corrected chi connectivity index (χ4v) is 2.21. The monoisotopic (exact) mass is 263 g/mol. The number of hydrogen-bond donors (Lipinski definition) is 1. The van der Waals surface area contributed by atoms with Crippen LogP contribution in [0.2, 0.25) is 0 Å². The van der Waals surface area contributed by atoms with Crippen LogP contribution < -0.4 is 10.1 Å². The van der Waals surface area contributed by atoms with Gasteiger partial charge >= 0.3 is 0 Å². The molecule has 0 bridgehead atoms. The lowest BCUT2D eigenvalue weighted by molar-refractivity contribution is -0.00936. The van der Waals surface area contributed by atoms with Crippen molar-refractivity contribution in [2.75, 3.05) is 13.7 Å². The Labute approximate surface area is 116 Å². The van der Waals surface area contributed by atoms with Crippen LogP contribution >= 0.6 is 0 Å². The molecule has 0 heterocycles. The van der Waals surface area contributed by atoms with Crippen molar-refractivity contribution in [2.45, 2.75) is 51.9 Å². The zero-order valence-corrected chi connectivity index (χ0v) is 12.1. The summed E-state index contributed by atoms with van der Waals surface area (Å²) in [5, 5.41) is 3.42. The van der Waals surface area contributed by atoms with E-state index < -0.39 is 0 Å². The normalized spacial score (nSPS) is 15.3. The molecule has 1 aliphatic carbocycles. The number of ether oxygens (including phenoxy) is 2. The van der Waals surface area contributed by atoms with Crippen molar-refractivity contribution in [3.05, 3.63) is 29.3 Å². The van der Waals surface area contributed by atoms with Crippen molar-refractivity contribution in [1.82, 2.24) is 5.32 Å². The van der Waals surface area contributed by atoms with E-state index in [9.17, 15) is 0 Å². The van der Waals surface area contributed by atoms with Gasteiger partial charge in [-0.15, -0.1) is 0 Å². The Morgan fingerprint density at radius 1 is 1.32 bits per heavy atom. The molecule has 1 aliphatic rings. The van der Waals surface area contributed by atoms with E-state index in [-0.39, 0.29) is 0 Å². The molecule has 3 heteroatoms. The zero-order valence-electron chi connectivity index (χ0n) is 12.1. The van der Waals surface area contributed by atoms with E-state index in [1.54, 1.807) is 7.11 Å². The van der Waals surface area contributed by atoms with Crippen LogP contribution in [-0.2, 0) is 17.9 Å². The molecule has 106 valence electrons. The van der Waals surface area contributed by atoms with Gasteiger partial charge in [0, 0.05) is 12.1 Å². The minimum absolute atomic E-state index is 0.464. The molecule has 2 rings (SSSR count). The first-order chi connectivity index (χ1) is 9.33. The highest BCUT2D eigenvalue weighted by Crippen LogP contribution is 2.26. The minimum Gasteiger partial charge on any atom is -0.496 e. The van der Waals surface area contributed by atoms with Crippen LogP contribution in [0.3, 0.4) is 0 Å². The molecule has 0 atom stereocenters. The van der Waals surface area contributed by atoms with Gasteiger partial charge in [-0.25, -0.2) is 0 Å². The van der Waals surface area contributed by atoms with Crippen molar-refractivity contribution in [3.8, 4) is 5.75 Å². The Morgan fingerprint density at radius 2 is 2.16 bits per heavy atom. The first-order valence-electron chi connectivity index (χ1n) is 7.31. The number of hydrogen-bond acceptors (Lipinski definition) is 3. The van der Waals surface area contributed by atoms with Crippen molar-refractivity contribution < 1.29 is 9.47 Å². The first kappa shape index (κ1) is 14.4. The highest BCUT2D eigenvalue weighted by molar-refractivity contribution is 5.36. The summed E-state index contributed by atoms with van der Waals surface area (Å²) in [7, 11) is 1.72. The summed E-state index contributed by atoms with van der Waals surface area (Å²) in [4.78, 5) is 0. The summed E-state index contributed by atoms with van der Waals surface area (Å²) < 4.78 is 11.3. The molecule has 0 saturated heterocycles. The molecule has 1 N–H and O–H groups in total. The topological polar surface area (TPSA) is 30.5 Å². The highest BCUT2D eigenvalue weighted by Gasteiger charge is 2.18. The minimum atomic E-state index is 0.464. The van der Waals surface area contributed by atoms with Gasteiger partial charge < -0.3 is 14.8 Å². The van der Waals surface area contributed by atoms with Crippen LogP contribution in [0.4, 0.5) is 0 Å². The molecule has 0 radical (unpaired) electrons. The van der Waals surface area contributed by atoms with Crippen LogP contribution in [0.15, 0.2) is 18.2 Å². The molecule has 19 heavy (non-hydrogen) atoms. The van der Waals surface area contributed by atoms with E-state index in [0.717, 1.165) is 30.8 Å². The lowest BCUT2D eigenvalue weighted by Gasteiger charge is -2.26. The van der Waals surface area contributed by atoms with Crippen molar-refractivity contribution in [2.24, 2.45) is 0 Å². The molecule has 1 aromatic carbocycles. The molecule has 0 unspecified atom stereocenters. The van der Waals surface area contributed by atoms with Gasteiger partial charge in [0.15, 0.2) is 0 Å². The maximum atomic E-state index is 5.89. The number of nitrogens with one attached hydrogen (secondary N) is 1. The van der Waals surface area contributed by atoms with Gasteiger partial charge in [0.1, 0.15) is 5.75 Å². The summed E-state index contributed by atoms with van der Waals surface area (Å²) in [5.41, 5.74) is 2.45. The molecule has 1 fully saturated rings. The fourth-order valence-electron chi connectivity index (χ4n) is 2.21. The predicted molar refractivity (Wildman–Crippen MR) is 77.4 cm³/mol.